The summed E-state index contributed by atoms with van der Waals surface area (Å²) < 4.78 is 13.5. The smallest absolute Gasteiger partial charge is 0.270 e. The first-order valence-electron chi connectivity index (χ1n) is 9.52. The first-order valence-corrected chi connectivity index (χ1v) is 9.52. The van der Waals surface area contributed by atoms with E-state index < -0.39 is 29.7 Å². The number of amides is 3. The van der Waals surface area contributed by atoms with Crippen LogP contribution >= 0.6 is 0 Å². The number of hydrogen-bond donors (Lipinski definition) is 1. The van der Waals surface area contributed by atoms with Gasteiger partial charge in [0, 0.05) is 5.92 Å². The molecule has 5 nitrogen and oxygen atoms in total. The van der Waals surface area contributed by atoms with E-state index in [0.29, 0.717) is 11.1 Å². The fourth-order valence-electron chi connectivity index (χ4n) is 3.93. The number of aryl methyl sites for hydroxylation is 1. The van der Waals surface area contributed by atoms with Crippen LogP contribution in [0.4, 0.5) is 4.48 Å². The lowest BCUT2D eigenvalue weighted by Crippen LogP contribution is -2.51. The van der Waals surface area contributed by atoms with Crippen molar-refractivity contribution in [1.29, 1.82) is 0 Å². The van der Waals surface area contributed by atoms with Gasteiger partial charge >= 0.3 is 0 Å². The van der Waals surface area contributed by atoms with Crippen LogP contribution in [0.25, 0.3) is 0 Å². The van der Waals surface area contributed by atoms with Gasteiger partial charge in [-0.15, -0.1) is 4.48 Å². The summed E-state index contributed by atoms with van der Waals surface area (Å²) in [6.07, 6.45) is 0. The van der Waals surface area contributed by atoms with Crippen molar-refractivity contribution in [2.24, 2.45) is 0 Å². The van der Waals surface area contributed by atoms with E-state index in [2.05, 4.69) is 0 Å². The molecule has 1 aliphatic heterocycles. The first-order chi connectivity index (χ1) is 14.5. The molecule has 0 fully saturated rings. The molecule has 0 bridgehead atoms. The molecule has 1 N–H and O–H groups in total. The average molecular weight is 402 g/mol. The molecule has 2 unspecified atom stereocenters. The van der Waals surface area contributed by atoms with Crippen molar-refractivity contribution in [2.45, 2.75) is 18.9 Å². The van der Waals surface area contributed by atoms with Crippen LogP contribution in [0.5, 0.6) is 0 Å². The molecule has 3 aromatic rings. The number of imide groups is 1. The second kappa shape index (κ2) is 7.91. The standard InChI is InChI=1S/C24H19FN2O3/c1-15-11-13-17(14-12-15)20(16-7-3-2-4-8-16)21(22(28)26-25)27-23(29)18-9-5-6-10-19(18)24(27)30/h2-14,20-21H,1H3,(H,26,28). The summed E-state index contributed by atoms with van der Waals surface area (Å²) in [5.74, 6) is -3.03. The highest BCUT2D eigenvalue weighted by Crippen LogP contribution is 2.35. The molecule has 6 heteroatoms. The summed E-state index contributed by atoms with van der Waals surface area (Å²) in [4.78, 5) is 39.8. The van der Waals surface area contributed by atoms with Crippen LogP contribution in [-0.4, -0.2) is 28.7 Å². The Morgan fingerprint density at radius 1 is 0.800 bits per heavy atom. The number of nitrogens with zero attached hydrogens (tertiary/aromatic N) is 1. The summed E-state index contributed by atoms with van der Waals surface area (Å²) in [6.45, 7) is 1.93. The monoisotopic (exact) mass is 402 g/mol. The molecule has 0 saturated heterocycles. The van der Waals surface area contributed by atoms with Crippen LogP contribution in [-0.2, 0) is 4.79 Å². The molecule has 0 saturated carbocycles. The fraction of sp³-hybridized carbons (Fsp3) is 0.125. The molecule has 3 amide bonds. The SMILES string of the molecule is Cc1ccc(C(c2ccccc2)C(C(=O)NF)N2C(=O)c3ccccc3C2=O)cc1. The Morgan fingerprint density at radius 2 is 1.30 bits per heavy atom. The van der Waals surface area contributed by atoms with Crippen LogP contribution in [0.1, 0.15) is 43.3 Å². The number of nitrogens with one attached hydrogen (secondary N) is 1. The van der Waals surface area contributed by atoms with Gasteiger partial charge in [0.2, 0.25) is 0 Å². The van der Waals surface area contributed by atoms with E-state index in [1.54, 1.807) is 36.4 Å². The molecule has 0 radical (unpaired) electrons. The molecule has 1 heterocycles. The van der Waals surface area contributed by atoms with Crippen molar-refractivity contribution in [2.75, 3.05) is 0 Å². The summed E-state index contributed by atoms with van der Waals surface area (Å²) in [7, 11) is 0. The zero-order chi connectivity index (χ0) is 21.3. The topological polar surface area (TPSA) is 66.5 Å². The van der Waals surface area contributed by atoms with Crippen molar-refractivity contribution in [1.82, 2.24) is 10.4 Å². The molecular weight excluding hydrogens is 383 g/mol. The molecule has 3 aromatic carbocycles. The van der Waals surface area contributed by atoms with E-state index in [9.17, 15) is 18.9 Å². The third kappa shape index (κ3) is 3.26. The first kappa shape index (κ1) is 19.5. The maximum atomic E-state index is 13.5. The van der Waals surface area contributed by atoms with Crippen LogP contribution in [0.15, 0.2) is 78.9 Å². The minimum absolute atomic E-state index is 0.204. The summed E-state index contributed by atoms with van der Waals surface area (Å²) in [5, 5.41) is 0. The van der Waals surface area contributed by atoms with Crippen LogP contribution in [0.2, 0.25) is 0 Å². The van der Waals surface area contributed by atoms with Crippen LogP contribution in [0.3, 0.4) is 0 Å². The predicted molar refractivity (Wildman–Crippen MR) is 109 cm³/mol. The van der Waals surface area contributed by atoms with Gasteiger partial charge in [-0.3, -0.25) is 19.3 Å². The highest BCUT2D eigenvalue weighted by molar-refractivity contribution is 6.23. The van der Waals surface area contributed by atoms with E-state index in [4.69, 9.17) is 0 Å². The van der Waals surface area contributed by atoms with Crippen molar-refractivity contribution in [3.05, 3.63) is 107 Å². The second-order valence-electron chi connectivity index (χ2n) is 7.23. The molecule has 150 valence electrons. The van der Waals surface area contributed by atoms with Gasteiger partial charge in [-0.05, 0) is 30.2 Å². The van der Waals surface area contributed by atoms with Gasteiger partial charge in [-0.1, -0.05) is 72.3 Å². The third-order valence-electron chi connectivity index (χ3n) is 5.38. The van der Waals surface area contributed by atoms with Crippen molar-refractivity contribution in [3.63, 3.8) is 0 Å². The maximum Gasteiger partial charge on any atom is 0.271 e. The number of hydrogen-bond acceptors (Lipinski definition) is 3. The Kier molecular flexibility index (Phi) is 5.14. The number of carbonyl (C=O) groups excluding carboxylic acids is 3. The Labute approximate surface area is 173 Å². The summed E-state index contributed by atoms with van der Waals surface area (Å²) in [5.41, 5.74) is 3.95. The maximum absolute atomic E-state index is 13.5. The largest absolute Gasteiger partial charge is 0.271 e. The van der Waals surface area contributed by atoms with Crippen LogP contribution < -0.4 is 5.54 Å². The lowest BCUT2D eigenvalue weighted by molar-refractivity contribution is -0.129. The normalized spacial score (nSPS) is 14.9. The number of benzene rings is 3. The van der Waals surface area contributed by atoms with Crippen molar-refractivity contribution < 1.29 is 18.9 Å². The van der Waals surface area contributed by atoms with Gasteiger partial charge in [0.25, 0.3) is 17.7 Å². The van der Waals surface area contributed by atoms with Gasteiger partial charge in [-0.25, -0.2) is 0 Å². The Morgan fingerprint density at radius 3 is 1.83 bits per heavy atom. The minimum atomic E-state index is -1.40. The van der Waals surface area contributed by atoms with E-state index in [1.165, 1.54) is 12.1 Å². The zero-order valence-electron chi connectivity index (χ0n) is 16.2. The fourth-order valence-corrected chi connectivity index (χ4v) is 3.93. The quantitative estimate of drug-likeness (QED) is 0.522. The molecular formula is C24H19FN2O3. The zero-order valence-corrected chi connectivity index (χ0v) is 16.2. The van der Waals surface area contributed by atoms with E-state index >= 15 is 0 Å². The average Bonchev–Trinajstić information content (AvgIpc) is 3.03. The minimum Gasteiger partial charge on any atom is -0.270 e. The van der Waals surface area contributed by atoms with Gasteiger partial charge in [-0.2, -0.15) is 5.54 Å². The van der Waals surface area contributed by atoms with Gasteiger partial charge < -0.3 is 0 Å². The number of fused-ring (bicyclic) bond motifs is 1. The van der Waals surface area contributed by atoms with Crippen LogP contribution in [0, 0.1) is 6.92 Å². The molecule has 1 aliphatic rings. The van der Waals surface area contributed by atoms with Gasteiger partial charge in [0.05, 0.1) is 11.1 Å². The summed E-state index contributed by atoms with van der Waals surface area (Å²) >= 11 is 0. The Hall–Kier alpha value is -3.80. The number of rotatable bonds is 5. The second-order valence-corrected chi connectivity index (χ2v) is 7.23. The van der Waals surface area contributed by atoms with E-state index in [0.717, 1.165) is 16.0 Å². The molecule has 4 rings (SSSR count). The number of carbonyl (C=O) groups is 3. The summed E-state index contributed by atoms with van der Waals surface area (Å²) in [6, 6.07) is 21.3. The highest BCUT2D eigenvalue weighted by atomic mass is 19.2. The molecule has 0 spiro atoms. The predicted octanol–water partition coefficient (Wildman–Crippen LogP) is 3.79. The van der Waals surface area contributed by atoms with Gasteiger partial charge in [0.15, 0.2) is 0 Å². The molecule has 0 aliphatic carbocycles. The molecule has 2 atom stereocenters. The Bertz CT molecular complexity index is 1080. The van der Waals surface area contributed by atoms with Gasteiger partial charge in [0.1, 0.15) is 6.04 Å². The Balaban J connectivity index is 1.89. The van der Waals surface area contributed by atoms with Crippen molar-refractivity contribution in [3.8, 4) is 0 Å². The number of halogens is 1. The highest BCUT2D eigenvalue weighted by Gasteiger charge is 2.47. The van der Waals surface area contributed by atoms with E-state index in [1.807, 2.05) is 37.3 Å². The van der Waals surface area contributed by atoms with E-state index in [-0.39, 0.29) is 11.1 Å². The lowest BCUT2D eigenvalue weighted by Gasteiger charge is -2.32. The molecule has 0 aromatic heterocycles. The third-order valence-corrected chi connectivity index (χ3v) is 5.38. The van der Waals surface area contributed by atoms with Crippen molar-refractivity contribution >= 4 is 17.7 Å². The molecule has 30 heavy (non-hydrogen) atoms. The lowest BCUT2D eigenvalue weighted by atomic mass is 9.83.